The molecule has 3 aliphatic rings. The van der Waals surface area contributed by atoms with Crippen LogP contribution < -0.4 is 5.73 Å². The summed E-state index contributed by atoms with van der Waals surface area (Å²) in [5, 5.41) is 0. The van der Waals surface area contributed by atoms with Crippen molar-refractivity contribution in [3.05, 3.63) is 0 Å². The molecule has 2 heterocycles. The molecule has 2 bridgehead atoms. The second kappa shape index (κ2) is 3.49. The lowest BCUT2D eigenvalue weighted by Crippen LogP contribution is -2.47. The molecule has 3 rings (SSSR count). The fraction of sp³-hybridized carbons (Fsp3) is 1.00. The highest BCUT2D eigenvalue weighted by molar-refractivity contribution is 4.96. The highest BCUT2D eigenvalue weighted by atomic mass is 15.2. The van der Waals surface area contributed by atoms with Gasteiger partial charge >= 0.3 is 0 Å². The molecule has 0 aromatic rings. The number of hydrogen-bond donors (Lipinski definition) is 1. The summed E-state index contributed by atoms with van der Waals surface area (Å²) in [6, 6.07) is 2.20. The van der Waals surface area contributed by atoms with Gasteiger partial charge in [0, 0.05) is 18.1 Å². The van der Waals surface area contributed by atoms with E-state index >= 15 is 0 Å². The van der Waals surface area contributed by atoms with Gasteiger partial charge in [0.15, 0.2) is 0 Å². The summed E-state index contributed by atoms with van der Waals surface area (Å²) >= 11 is 0. The Morgan fingerprint density at radius 3 is 2.21 bits per heavy atom. The van der Waals surface area contributed by atoms with E-state index in [9.17, 15) is 0 Å². The Morgan fingerprint density at radius 1 is 1.00 bits per heavy atom. The zero-order valence-electron chi connectivity index (χ0n) is 8.99. The van der Waals surface area contributed by atoms with Crippen LogP contribution in [0.4, 0.5) is 0 Å². The summed E-state index contributed by atoms with van der Waals surface area (Å²) in [5.41, 5.74) is 6.06. The smallest absolute Gasteiger partial charge is 0.0113 e. The van der Waals surface area contributed by atoms with Crippen LogP contribution in [0.5, 0.6) is 0 Å². The topological polar surface area (TPSA) is 29.3 Å². The van der Waals surface area contributed by atoms with E-state index in [-0.39, 0.29) is 0 Å². The molecule has 1 saturated carbocycles. The van der Waals surface area contributed by atoms with E-state index in [1.54, 1.807) is 0 Å². The number of rotatable bonds is 3. The predicted molar refractivity (Wildman–Crippen MR) is 58.1 cm³/mol. The van der Waals surface area contributed by atoms with Crippen molar-refractivity contribution in [2.45, 2.75) is 63.1 Å². The normalized spacial score (nSPS) is 43.1. The molecule has 2 aliphatic heterocycles. The maximum absolute atomic E-state index is 6.06. The van der Waals surface area contributed by atoms with Crippen LogP contribution in [0.3, 0.4) is 0 Å². The first-order chi connectivity index (χ1) is 6.83. The molecule has 1 unspecified atom stereocenters. The Bertz CT molecular complexity index is 198. The van der Waals surface area contributed by atoms with Crippen LogP contribution in [0.25, 0.3) is 0 Å². The first-order valence-corrected chi connectivity index (χ1v) is 6.34. The van der Waals surface area contributed by atoms with Crippen molar-refractivity contribution in [3.8, 4) is 0 Å². The van der Waals surface area contributed by atoms with E-state index < -0.39 is 0 Å². The third kappa shape index (κ3) is 1.70. The van der Waals surface area contributed by atoms with Gasteiger partial charge < -0.3 is 5.73 Å². The van der Waals surface area contributed by atoms with Crippen molar-refractivity contribution in [2.24, 2.45) is 11.7 Å². The Hall–Kier alpha value is -0.0800. The summed E-state index contributed by atoms with van der Waals surface area (Å²) in [5.74, 6) is 1.09. The summed E-state index contributed by atoms with van der Waals surface area (Å²) in [6.45, 7) is 1.37. The van der Waals surface area contributed by atoms with Gasteiger partial charge in [0.25, 0.3) is 0 Å². The van der Waals surface area contributed by atoms with E-state index in [0.717, 1.165) is 18.0 Å². The van der Waals surface area contributed by atoms with Crippen LogP contribution in [0, 0.1) is 5.92 Å². The van der Waals surface area contributed by atoms with E-state index in [1.165, 1.54) is 51.5 Å². The standard InChI is InChI=1S/C12H22N2/c13-10-7-11-3-4-12(8-10)14(11)6-5-9-1-2-9/h9-12H,1-8,13H2/t10?,11-,12+. The summed E-state index contributed by atoms with van der Waals surface area (Å²) in [6.07, 6.45) is 9.84. The van der Waals surface area contributed by atoms with Gasteiger partial charge in [-0.2, -0.15) is 0 Å². The van der Waals surface area contributed by atoms with Crippen LogP contribution in [0.1, 0.15) is 44.9 Å². The Balaban J connectivity index is 1.57. The third-order valence-electron chi connectivity index (χ3n) is 4.41. The van der Waals surface area contributed by atoms with Gasteiger partial charge in [-0.3, -0.25) is 4.90 Å². The largest absolute Gasteiger partial charge is 0.328 e. The Kier molecular flexibility index (Phi) is 2.29. The lowest BCUT2D eigenvalue weighted by atomic mass is 9.98. The second-order valence-electron chi connectivity index (χ2n) is 5.59. The fourth-order valence-corrected chi connectivity index (χ4v) is 3.42. The maximum atomic E-state index is 6.06. The van der Waals surface area contributed by atoms with Crippen LogP contribution in [0.2, 0.25) is 0 Å². The Morgan fingerprint density at radius 2 is 1.64 bits per heavy atom. The molecule has 2 heteroatoms. The zero-order chi connectivity index (χ0) is 9.54. The van der Waals surface area contributed by atoms with Crippen molar-refractivity contribution in [1.82, 2.24) is 4.90 Å². The zero-order valence-corrected chi connectivity index (χ0v) is 8.99. The molecule has 0 aromatic carbocycles. The number of nitrogens with two attached hydrogens (primary N) is 1. The molecule has 0 spiro atoms. The van der Waals surface area contributed by atoms with Gasteiger partial charge in [0.1, 0.15) is 0 Å². The van der Waals surface area contributed by atoms with Crippen molar-refractivity contribution in [2.75, 3.05) is 6.54 Å². The molecule has 2 nitrogen and oxygen atoms in total. The molecule has 2 saturated heterocycles. The average Bonchev–Trinajstić information content (AvgIpc) is 2.92. The van der Waals surface area contributed by atoms with Crippen molar-refractivity contribution in [1.29, 1.82) is 0 Å². The van der Waals surface area contributed by atoms with E-state index in [1.807, 2.05) is 0 Å². The molecular weight excluding hydrogens is 172 g/mol. The molecule has 3 atom stereocenters. The average molecular weight is 194 g/mol. The SMILES string of the molecule is NC1C[C@H]2CC[C@@H](C1)N2CCC1CC1. The lowest BCUT2D eigenvalue weighted by Gasteiger charge is -2.37. The molecule has 1 aliphatic carbocycles. The lowest BCUT2D eigenvalue weighted by molar-refractivity contribution is 0.124. The van der Waals surface area contributed by atoms with Crippen LogP contribution in [-0.2, 0) is 0 Å². The number of piperidine rings is 1. The maximum Gasteiger partial charge on any atom is 0.0113 e. The van der Waals surface area contributed by atoms with Crippen molar-refractivity contribution in [3.63, 3.8) is 0 Å². The van der Waals surface area contributed by atoms with Gasteiger partial charge in [-0.05, 0) is 44.6 Å². The third-order valence-corrected chi connectivity index (χ3v) is 4.41. The van der Waals surface area contributed by atoms with E-state index in [4.69, 9.17) is 5.73 Å². The van der Waals surface area contributed by atoms with Gasteiger partial charge in [-0.25, -0.2) is 0 Å². The molecule has 3 fully saturated rings. The molecule has 0 aromatic heterocycles. The van der Waals surface area contributed by atoms with Crippen molar-refractivity contribution < 1.29 is 0 Å². The molecule has 0 radical (unpaired) electrons. The first-order valence-electron chi connectivity index (χ1n) is 6.34. The highest BCUT2D eigenvalue weighted by Gasteiger charge is 2.39. The number of hydrogen-bond acceptors (Lipinski definition) is 2. The molecular formula is C12H22N2. The monoisotopic (exact) mass is 194 g/mol. The minimum Gasteiger partial charge on any atom is -0.328 e. The van der Waals surface area contributed by atoms with Gasteiger partial charge in [0.2, 0.25) is 0 Å². The Labute approximate surface area is 86.8 Å². The van der Waals surface area contributed by atoms with E-state index in [2.05, 4.69) is 4.90 Å². The molecule has 2 N–H and O–H groups in total. The summed E-state index contributed by atoms with van der Waals surface area (Å²) < 4.78 is 0. The fourth-order valence-electron chi connectivity index (χ4n) is 3.42. The van der Waals surface area contributed by atoms with Gasteiger partial charge in [-0.15, -0.1) is 0 Å². The number of fused-ring (bicyclic) bond motifs is 2. The highest BCUT2D eigenvalue weighted by Crippen LogP contribution is 2.38. The van der Waals surface area contributed by atoms with Gasteiger partial charge in [-0.1, -0.05) is 12.8 Å². The minimum atomic E-state index is 0.504. The van der Waals surface area contributed by atoms with Crippen LogP contribution in [-0.4, -0.2) is 29.6 Å². The molecule has 80 valence electrons. The minimum absolute atomic E-state index is 0.504. The van der Waals surface area contributed by atoms with E-state index in [0.29, 0.717) is 6.04 Å². The summed E-state index contributed by atoms with van der Waals surface area (Å²) in [4.78, 5) is 2.78. The second-order valence-corrected chi connectivity index (χ2v) is 5.59. The van der Waals surface area contributed by atoms with Crippen LogP contribution in [0.15, 0.2) is 0 Å². The quantitative estimate of drug-likeness (QED) is 0.741. The number of nitrogens with zero attached hydrogens (tertiary/aromatic N) is 1. The van der Waals surface area contributed by atoms with Crippen LogP contribution >= 0.6 is 0 Å². The predicted octanol–water partition coefficient (Wildman–Crippen LogP) is 1.74. The van der Waals surface area contributed by atoms with Crippen molar-refractivity contribution >= 4 is 0 Å². The molecule has 0 amide bonds. The molecule has 14 heavy (non-hydrogen) atoms. The van der Waals surface area contributed by atoms with Gasteiger partial charge in [0.05, 0.1) is 0 Å². The summed E-state index contributed by atoms with van der Waals surface area (Å²) in [7, 11) is 0. The first kappa shape index (κ1) is 9.17.